The third kappa shape index (κ3) is 5.64. The summed E-state index contributed by atoms with van der Waals surface area (Å²) in [6.07, 6.45) is 0.745. The fourth-order valence-corrected chi connectivity index (χ4v) is 3.80. The summed E-state index contributed by atoms with van der Waals surface area (Å²) in [5.74, 6) is -1.33. The summed E-state index contributed by atoms with van der Waals surface area (Å²) < 4.78 is 31.7. The smallest absolute Gasteiger partial charge is 0.324 e. The number of ether oxygens (including phenoxy) is 1. The number of hydrogen-bond acceptors (Lipinski definition) is 5. The minimum atomic E-state index is -3.86. The molecule has 0 aliphatic carbocycles. The van der Waals surface area contributed by atoms with Crippen LogP contribution in [0.1, 0.15) is 25.0 Å². The Morgan fingerprint density at radius 3 is 2.39 bits per heavy atom. The molecule has 7 nitrogen and oxygen atoms in total. The molecule has 0 aromatic heterocycles. The third-order valence-electron chi connectivity index (χ3n) is 4.09. The maximum atomic E-state index is 12.2. The van der Waals surface area contributed by atoms with Crippen LogP contribution in [0.3, 0.4) is 0 Å². The van der Waals surface area contributed by atoms with Gasteiger partial charge in [0.05, 0.1) is 4.90 Å². The number of esters is 1. The molecule has 0 spiro atoms. The summed E-state index contributed by atoms with van der Waals surface area (Å²) in [7, 11) is -3.86. The molecule has 0 bridgehead atoms. The van der Waals surface area contributed by atoms with E-state index in [2.05, 4.69) is 10.0 Å². The van der Waals surface area contributed by atoms with E-state index >= 15 is 0 Å². The Morgan fingerprint density at radius 1 is 1.07 bits per heavy atom. The summed E-state index contributed by atoms with van der Waals surface area (Å²) in [4.78, 5) is 24.3. The summed E-state index contributed by atoms with van der Waals surface area (Å²) >= 11 is 0. The van der Waals surface area contributed by atoms with Gasteiger partial charge in [0.15, 0.2) is 6.61 Å². The van der Waals surface area contributed by atoms with Crippen LogP contribution in [-0.4, -0.2) is 32.9 Å². The number of nitrogens with one attached hydrogen (secondary N) is 2. The first kappa shape index (κ1) is 21.6. The average molecular weight is 404 g/mol. The highest BCUT2D eigenvalue weighted by Gasteiger charge is 2.23. The molecular weight excluding hydrogens is 380 g/mol. The summed E-state index contributed by atoms with van der Waals surface area (Å²) in [6, 6.07) is 12.2. The molecule has 2 aromatic rings. The molecule has 0 aliphatic rings. The largest absolute Gasteiger partial charge is 0.454 e. The first-order chi connectivity index (χ1) is 13.2. The Balaban J connectivity index is 1.92. The van der Waals surface area contributed by atoms with Gasteiger partial charge in [0.2, 0.25) is 10.0 Å². The number of carbonyl (C=O) groups excluding carboxylic acids is 2. The van der Waals surface area contributed by atoms with Gasteiger partial charge in [-0.25, -0.2) is 8.42 Å². The SMILES string of the molecule is CCc1cccc(C)c1NC(=O)COC(=O)C(C)NS(=O)(=O)c1ccccc1. The van der Waals surface area contributed by atoms with Gasteiger partial charge in [0.25, 0.3) is 5.91 Å². The molecule has 0 radical (unpaired) electrons. The van der Waals surface area contributed by atoms with Crippen LogP contribution in [0.5, 0.6) is 0 Å². The summed E-state index contributed by atoms with van der Waals surface area (Å²) in [5.41, 5.74) is 2.58. The van der Waals surface area contributed by atoms with E-state index in [1.165, 1.54) is 19.1 Å². The van der Waals surface area contributed by atoms with E-state index < -0.39 is 34.5 Å². The number of rotatable bonds is 8. The monoisotopic (exact) mass is 404 g/mol. The topological polar surface area (TPSA) is 102 Å². The van der Waals surface area contributed by atoms with Gasteiger partial charge in [0, 0.05) is 5.69 Å². The molecule has 8 heteroatoms. The second-order valence-corrected chi connectivity index (χ2v) is 7.99. The molecule has 1 atom stereocenters. The number of sulfonamides is 1. The number of aryl methyl sites for hydroxylation is 2. The zero-order valence-electron chi connectivity index (χ0n) is 16.1. The highest BCUT2D eigenvalue weighted by atomic mass is 32.2. The van der Waals surface area contributed by atoms with Crippen LogP contribution in [0, 0.1) is 6.92 Å². The Labute approximate surface area is 165 Å². The fourth-order valence-electron chi connectivity index (χ4n) is 2.59. The minimum absolute atomic E-state index is 0.0408. The van der Waals surface area contributed by atoms with Crippen LogP contribution < -0.4 is 10.0 Å². The first-order valence-corrected chi connectivity index (χ1v) is 10.3. The van der Waals surface area contributed by atoms with Gasteiger partial charge in [-0.3, -0.25) is 9.59 Å². The number of carbonyl (C=O) groups is 2. The van der Waals surface area contributed by atoms with E-state index in [4.69, 9.17) is 4.74 Å². The van der Waals surface area contributed by atoms with E-state index in [0.717, 1.165) is 17.5 Å². The summed E-state index contributed by atoms with van der Waals surface area (Å²) in [5, 5.41) is 2.74. The van der Waals surface area contributed by atoms with Crippen molar-refractivity contribution >= 4 is 27.6 Å². The molecule has 0 saturated heterocycles. The third-order valence-corrected chi connectivity index (χ3v) is 5.65. The lowest BCUT2D eigenvalue weighted by Crippen LogP contribution is -2.40. The van der Waals surface area contributed by atoms with Gasteiger partial charge in [-0.15, -0.1) is 0 Å². The van der Waals surface area contributed by atoms with Gasteiger partial charge in [-0.05, 0) is 43.5 Å². The predicted molar refractivity (Wildman–Crippen MR) is 106 cm³/mol. The van der Waals surface area contributed by atoms with Crippen LogP contribution in [0.4, 0.5) is 5.69 Å². The van der Waals surface area contributed by atoms with Crippen molar-refractivity contribution in [2.45, 2.75) is 38.1 Å². The highest BCUT2D eigenvalue weighted by Crippen LogP contribution is 2.20. The van der Waals surface area contributed by atoms with Crippen LogP contribution in [-0.2, 0) is 30.8 Å². The number of para-hydroxylation sites is 1. The van der Waals surface area contributed by atoms with Crippen molar-refractivity contribution < 1.29 is 22.7 Å². The molecule has 0 heterocycles. The van der Waals surface area contributed by atoms with Gasteiger partial charge in [-0.1, -0.05) is 43.3 Å². The molecule has 0 fully saturated rings. The molecule has 28 heavy (non-hydrogen) atoms. The van der Waals surface area contributed by atoms with Crippen molar-refractivity contribution in [3.63, 3.8) is 0 Å². The van der Waals surface area contributed by atoms with E-state index in [0.29, 0.717) is 5.69 Å². The fraction of sp³-hybridized carbons (Fsp3) is 0.300. The molecule has 1 amide bonds. The summed E-state index contributed by atoms with van der Waals surface area (Å²) in [6.45, 7) is 4.71. The van der Waals surface area contributed by atoms with Crippen molar-refractivity contribution in [3.05, 3.63) is 59.7 Å². The van der Waals surface area contributed by atoms with Crippen molar-refractivity contribution in [1.29, 1.82) is 0 Å². The molecule has 2 rings (SSSR count). The zero-order valence-corrected chi connectivity index (χ0v) is 16.9. The molecular formula is C20H24N2O5S. The average Bonchev–Trinajstić information content (AvgIpc) is 2.68. The van der Waals surface area contributed by atoms with Gasteiger partial charge in [-0.2, -0.15) is 4.72 Å². The number of anilines is 1. The van der Waals surface area contributed by atoms with Crippen LogP contribution in [0.2, 0.25) is 0 Å². The quantitative estimate of drug-likeness (QED) is 0.658. The van der Waals surface area contributed by atoms with Crippen LogP contribution in [0.15, 0.2) is 53.4 Å². The van der Waals surface area contributed by atoms with Crippen LogP contribution in [0.25, 0.3) is 0 Å². The van der Waals surface area contributed by atoms with Crippen molar-refractivity contribution in [2.75, 3.05) is 11.9 Å². The lowest BCUT2D eigenvalue weighted by molar-refractivity contribution is -0.148. The van der Waals surface area contributed by atoms with Gasteiger partial charge in [0.1, 0.15) is 6.04 Å². The van der Waals surface area contributed by atoms with Crippen molar-refractivity contribution in [2.24, 2.45) is 0 Å². The minimum Gasteiger partial charge on any atom is -0.454 e. The highest BCUT2D eigenvalue weighted by molar-refractivity contribution is 7.89. The Hall–Kier alpha value is -2.71. The molecule has 0 saturated carbocycles. The number of benzene rings is 2. The van der Waals surface area contributed by atoms with E-state index in [-0.39, 0.29) is 4.90 Å². The predicted octanol–water partition coefficient (Wildman–Crippen LogP) is 2.41. The molecule has 0 aliphatic heterocycles. The normalized spacial score (nSPS) is 12.2. The standard InChI is InChI=1S/C20H24N2O5S/c1-4-16-10-8-9-14(2)19(16)21-18(23)13-27-20(24)15(3)22-28(25,26)17-11-6-5-7-12-17/h5-12,15,22H,4,13H2,1-3H3,(H,21,23). The van der Waals surface area contributed by atoms with E-state index in [1.807, 2.05) is 32.0 Å². The second-order valence-electron chi connectivity index (χ2n) is 6.27. The van der Waals surface area contributed by atoms with Gasteiger partial charge >= 0.3 is 5.97 Å². The Kier molecular flexibility index (Phi) is 7.31. The second kappa shape index (κ2) is 9.48. The van der Waals surface area contributed by atoms with Crippen molar-refractivity contribution in [3.8, 4) is 0 Å². The number of amides is 1. The first-order valence-electron chi connectivity index (χ1n) is 8.87. The zero-order chi connectivity index (χ0) is 20.7. The Bertz CT molecular complexity index is 942. The van der Waals surface area contributed by atoms with E-state index in [1.54, 1.807) is 18.2 Å². The lowest BCUT2D eigenvalue weighted by Gasteiger charge is -2.15. The van der Waals surface area contributed by atoms with Gasteiger partial charge < -0.3 is 10.1 Å². The van der Waals surface area contributed by atoms with Crippen molar-refractivity contribution in [1.82, 2.24) is 4.72 Å². The maximum absolute atomic E-state index is 12.2. The maximum Gasteiger partial charge on any atom is 0.324 e. The Morgan fingerprint density at radius 2 is 1.75 bits per heavy atom. The number of hydrogen-bond donors (Lipinski definition) is 2. The molecule has 2 N–H and O–H groups in total. The lowest BCUT2D eigenvalue weighted by atomic mass is 10.1. The van der Waals surface area contributed by atoms with E-state index in [9.17, 15) is 18.0 Å². The van der Waals surface area contributed by atoms with Crippen LogP contribution >= 0.6 is 0 Å². The molecule has 150 valence electrons. The molecule has 2 aromatic carbocycles. The molecule has 1 unspecified atom stereocenters.